The van der Waals surface area contributed by atoms with E-state index in [1.54, 1.807) is 18.2 Å². The van der Waals surface area contributed by atoms with E-state index in [1.807, 2.05) is 23.1 Å². The zero-order valence-corrected chi connectivity index (χ0v) is 13.9. The molecule has 0 spiro atoms. The van der Waals surface area contributed by atoms with Crippen LogP contribution >= 0.6 is 0 Å². The maximum absolute atomic E-state index is 13.8. The van der Waals surface area contributed by atoms with Crippen molar-refractivity contribution < 1.29 is 9.18 Å². The lowest BCUT2D eigenvalue weighted by Gasteiger charge is -2.34. The molecule has 1 saturated heterocycles. The van der Waals surface area contributed by atoms with Crippen LogP contribution in [0.4, 0.5) is 4.39 Å². The van der Waals surface area contributed by atoms with Gasteiger partial charge in [-0.1, -0.05) is 36.4 Å². The Hall–Kier alpha value is -2.66. The van der Waals surface area contributed by atoms with Crippen LogP contribution in [-0.2, 0) is 6.54 Å². The van der Waals surface area contributed by atoms with Gasteiger partial charge >= 0.3 is 0 Å². The maximum atomic E-state index is 13.8. The minimum absolute atomic E-state index is 0.0602. The van der Waals surface area contributed by atoms with E-state index in [0.717, 1.165) is 19.6 Å². The fourth-order valence-electron chi connectivity index (χ4n) is 3.35. The Balaban J connectivity index is 1.41. The maximum Gasteiger partial charge on any atom is 0.270 e. The number of halogens is 1. The smallest absolute Gasteiger partial charge is 0.270 e. The lowest BCUT2D eigenvalue weighted by atomic mass is 10.2. The van der Waals surface area contributed by atoms with Gasteiger partial charge in [-0.2, -0.15) is 0 Å². The number of aromatic nitrogens is 1. The molecule has 0 atom stereocenters. The molecule has 0 aliphatic carbocycles. The van der Waals surface area contributed by atoms with E-state index in [1.165, 1.54) is 11.6 Å². The minimum atomic E-state index is -0.305. The van der Waals surface area contributed by atoms with Crippen molar-refractivity contribution >= 4 is 16.8 Å². The Labute approximate surface area is 145 Å². The number of amides is 1. The second kappa shape index (κ2) is 6.69. The predicted molar refractivity (Wildman–Crippen MR) is 95.9 cm³/mol. The van der Waals surface area contributed by atoms with Crippen LogP contribution in [0.3, 0.4) is 0 Å². The zero-order chi connectivity index (χ0) is 17.2. The number of fused-ring (bicyclic) bond motifs is 1. The molecule has 1 aliphatic rings. The average Bonchev–Trinajstić information content (AvgIpc) is 3.08. The van der Waals surface area contributed by atoms with E-state index >= 15 is 0 Å². The number of carbonyl (C=O) groups excluding carboxylic acids is 1. The van der Waals surface area contributed by atoms with E-state index in [4.69, 9.17) is 0 Å². The van der Waals surface area contributed by atoms with Gasteiger partial charge in [0.1, 0.15) is 11.5 Å². The Bertz CT molecular complexity index is 882. The number of hydrogen-bond acceptors (Lipinski definition) is 2. The van der Waals surface area contributed by atoms with E-state index in [9.17, 15) is 9.18 Å². The monoisotopic (exact) mass is 337 g/mol. The molecule has 4 nitrogen and oxygen atoms in total. The van der Waals surface area contributed by atoms with Gasteiger partial charge in [-0.05, 0) is 23.8 Å². The third-order valence-corrected chi connectivity index (χ3v) is 4.75. The number of carbonyl (C=O) groups is 1. The first-order chi connectivity index (χ1) is 12.2. The van der Waals surface area contributed by atoms with Crippen LogP contribution in [0, 0.1) is 5.82 Å². The van der Waals surface area contributed by atoms with Gasteiger partial charge < -0.3 is 9.88 Å². The zero-order valence-electron chi connectivity index (χ0n) is 13.9. The number of piperazine rings is 1. The van der Waals surface area contributed by atoms with Crippen molar-refractivity contribution in [1.29, 1.82) is 0 Å². The topological polar surface area (TPSA) is 39.3 Å². The molecule has 4 rings (SSSR count). The first-order valence-corrected chi connectivity index (χ1v) is 8.53. The van der Waals surface area contributed by atoms with E-state index < -0.39 is 0 Å². The Morgan fingerprint density at radius 2 is 1.76 bits per heavy atom. The molecule has 1 fully saturated rings. The molecule has 3 aromatic rings. The molecule has 2 heterocycles. The highest BCUT2D eigenvalue weighted by atomic mass is 19.1. The molecule has 0 radical (unpaired) electrons. The van der Waals surface area contributed by atoms with Crippen LogP contribution in [0.15, 0.2) is 54.6 Å². The summed E-state index contributed by atoms with van der Waals surface area (Å²) >= 11 is 0. The van der Waals surface area contributed by atoms with Crippen molar-refractivity contribution in [2.75, 3.05) is 26.2 Å². The number of hydrogen-bond donors (Lipinski definition) is 1. The van der Waals surface area contributed by atoms with E-state index in [-0.39, 0.29) is 11.7 Å². The summed E-state index contributed by atoms with van der Waals surface area (Å²) in [6, 6.07) is 16.8. The fourth-order valence-corrected chi connectivity index (χ4v) is 3.35. The lowest BCUT2D eigenvalue weighted by molar-refractivity contribution is 0.0623. The molecule has 5 heteroatoms. The summed E-state index contributed by atoms with van der Waals surface area (Å²) in [5.41, 5.74) is 2.40. The molecule has 1 N–H and O–H groups in total. The summed E-state index contributed by atoms with van der Waals surface area (Å²) in [7, 11) is 0. The van der Waals surface area contributed by atoms with Crippen molar-refractivity contribution in [2.24, 2.45) is 0 Å². The SMILES string of the molecule is O=C(c1cc2c(F)cccc2[nH]1)N1CCN(Cc2ccccc2)CC1. The Morgan fingerprint density at radius 3 is 2.48 bits per heavy atom. The summed E-state index contributed by atoms with van der Waals surface area (Å²) in [6.45, 7) is 3.96. The first-order valence-electron chi connectivity index (χ1n) is 8.53. The second-order valence-electron chi connectivity index (χ2n) is 6.44. The largest absolute Gasteiger partial charge is 0.350 e. The molecule has 0 bridgehead atoms. The van der Waals surface area contributed by atoms with Crippen molar-refractivity contribution in [3.05, 3.63) is 71.7 Å². The van der Waals surface area contributed by atoms with Crippen LogP contribution in [0.5, 0.6) is 0 Å². The minimum Gasteiger partial charge on any atom is -0.350 e. The fraction of sp³-hybridized carbons (Fsp3) is 0.250. The van der Waals surface area contributed by atoms with Gasteiger partial charge in [0.25, 0.3) is 5.91 Å². The van der Waals surface area contributed by atoms with E-state index in [0.29, 0.717) is 29.7 Å². The summed E-state index contributed by atoms with van der Waals surface area (Å²) in [4.78, 5) is 19.9. The van der Waals surface area contributed by atoms with Crippen molar-refractivity contribution in [3.63, 3.8) is 0 Å². The van der Waals surface area contributed by atoms with Crippen LogP contribution in [0.1, 0.15) is 16.1 Å². The Morgan fingerprint density at radius 1 is 1.00 bits per heavy atom. The van der Waals surface area contributed by atoms with Gasteiger partial charge in [0.2, 0.25) is 0 Å². The number of nitrogens with zero attached hydrogens (tertiary/aromatic N) is 2. The van der Waals surface area contributed by atoms with Gasteiger partial charge in [-0.25, -0.2) is 4.39 Å². The number of nitrogens with one attached hydrogen (secondary N) is 1. The summed E-state index contributed by atoms with van der Waals surface area (Å²) in [5.74, 6) is -0.365. The quantitative estimate of drug-likeness (QED) is 0.797. The van der Waals surface area contributed by atoms with Crippen LogP contribution in [-0.4, -0.2) is 46.9 Å². The van der Waals surface area contributed by atoms with Crippen LogP contribution < -0.4 is 0 Å². The standard InChI is InChI=1S/C20H20FN3O/c21-17-7-4-8-18-16(17)13-19(22-18)20(25)24-11-9-23(10-12-24)14-15-5-2-1-3-6-15/h1-8,13,22H,9-12,14H2. The average molecular weight is 337 g/mol. The summed E-state index contributed by atoms with van der Waals surface area (Å²) < 4.78 is 13.8. The molecule has 128 valence electrons. The lowest BCUT2D eigenvalue weighted by Crippen LogP contribution is -2.48. The number of H-pyrrole nitrogens is 1. The molecular formula is C20H20FN3O. The Kier molecular flexibility index (Phi) is 4.24. The molecule has 25 heavy (non-hydrogen) atoms. The van der Waals surface area contributed by atoms with Gasteiger partial charge in [-0.3, -0.25) is 9.69 Å². The molecular weight excluding hydrogens is 317 g/mol. The normalized spacial score (nSPS) is 15.6. The highest BCUT2D eigenvalue weighted by Gasteiger charge is 2.23. The number of aromatic amines is 1. The summed E-state index contributed by atoms with van der Waals surface area (Å²) in [5, 5.41) is 0.466. The highest BCUT2D eigenvalue weighted by molar-refractivity contribution is 5.98. The van der Waals surface area contributed by atoms with Crippen LogP contribution in [0.2, 0.25) is 0 Å². The molecule has 2 aromatic carbocycles. The van der Waals surface area contributed by atoms with Crippen molar-refractivity contribution in [1.82, 2.24) is 14.8 Å². The number of benzene rings is 2. The van der Waals surface area contributed by atoms with E-state index in [2.05, 4.69) is 22.0 Å². The third-order valence-electron chi connectivity index (χ3n) is 4.75. The van der Waals surface area contributed by atoms with Crippen LogP contribution in [0.25, 0.3) is 10.9 Å². The predicted octanol–water partition coefficient (Wildman–Crippen LogP) is 3.27. The van der Waals surface area contributed by atoms with Gasteiger partial charge in [0.15, 0.2) is 0 Å². The van der Waals surface area contributed by atoms with Crippen molar-refractivity contribution in [2.45, 2.75) is 6.54 Å². The molecule has 1 aliphatic heterocycles. The van der Waals surface area contributed by atoms with Crippen molar-refractivity contribution in [3.8, 4) is 0 Å². The van der Waals surface area contributed by atoms with Gasteiger partial charge in [0.05, 0.1) is 0 Å². The summed E-state index contributed by atoms with van der Waals surface area (Å²) in [6.07, 6.45) is 0. The molecule has 1 aromatic heterocycles. The molecule has 0 saturated carbocycles. The van der Waals surface area contributed by atoms with Gasteiger partial charge in [0, 0.05) is 43.6 Å². The second-order valence-corrected chi connectivity index (χ2v) is 6.44. The van der Waals surface area contributed by atoms with Gasteiger partial charge in [-0.15, -0.1) is 0 Å². The number of rotatable bonds is 3. The highest BCUT2D eigenvalue weighted by Crippen LogP contribution is 2.20. The molecule has 1 amide bonds. The molecule has 0 unspecified atom stereocenters. The third kappa shape index (κ3) is 3.28. The first kappa shape index (κ1) is 15.8.